The van der Waals surface area contributed by atoms with Gasteiger partial charge >= 0.3 is 5.97 Å². The molecule has 0 heterocycles. The molecular weight excluding hydrogens is 122 g/mol. The molecule has 4 heteroatoms. The molecule has 4 N–H and O–H groups in total. The zero-order valence-electron chi connectivity index (χ0n) is 5.43. The Morgan fingerprint density at radius 3 is 2.22 bits per heavy atom. The molecule has 0 atom stereocenters. The van der Waals surface area contributed by atoms with Crippen LogP contribution in [0, 0.1) is 0 Å². The van der Waals surface area contributed by atoms with Crippen molar-refractivity contribution in [2.24, 2.45) is 0 Å². The van der Waals surface area contributed by atoms with Gasteiger partial charge < -0.3 is 15.9 Å². The van der Waals surface area contributed by atoms with Crippen molar-refractivity contribution in [3.05, 3.63) is 11.8 Å². The van der Waals surface area contributed by atoms with Crippen molar-refractivity contribution in [1.82, 2.24) is 5.32 Å². The summed E-state index contributed by atoms with van der Waals surface area (Å²) < 4.78 is 0. The molecule has 0 aliphatic heterocycles. The molecule has 4 nitrogen and oxygen atoms in total. The number of carboxylic acids is 1. The van der Waals surface area contributed by atoms with Gasteiger partial charge in [0.05, 0.1) is 0 Å². The van der Waals surface area contributed by atoms with E-state index in [9.17, 15) is 4.79 Å². The van der Waals surface area contributed by atoms with Crippen LogP contribution in [-0.2, 0) is 4.79 Å². The van der Waals surface area contributed by atoms with Crippen molar-refractivity contribution < 1.29 is 15.4 Å². The Kier molecular flexibility index (Phi) is 6.17. The van der Waals surface area contributed by atoms with Gasteiger partial charge in [-0.05, 0) is 6.92 Å². The van der Waals surface area contributed by atoms with Gasteiger partial charge in [0, 0.05) is 18.8 Å². The van der Waals surface area contributed by atoms with Crippen LogP contribution in [-0.4, -0.2) is 23.6 Å². The number of hydrogen-bond donors (Lipinski definition) is 2. The fourth-order valence-corrected chi connectivity index (χ4v) is 0.278. The van der Waals surface area contributed by atoms with Crippen LogP contribution >= 0.6 is 0 Å². The predicted molar refractivity (Wildman–Crippen MR) is 34.1 cm³/mol. The summed E-state index contributed by atoms with van der Waals surface area (Å²) in [7, 11) is 1.66. The number of carboxylic acid groups (broad SMARTS) is 1. The van der Waals surface area contributed by atoms with Crippen LogP contribution in [0.4, 0.5) is 0 Å². The molecule has 0 aromatic rings. The third-order valence-corrected chi connectivity index (χ3v) is 0.698. The molecule has 9 heavy (non-hydrogen) atoms. The molecule has 0 saturated carbocycles. The van der Waals surface area contributed by atoms with Crippen molar-refractivity contribution in [1.29, 1.82) is 0 Å². The van der Waals surface area contributed by atoms with Crippen molar-refractivity contribution in [2.75, 3.05) is 7.05 Å². The van der Waals surface area contributed by atoms with Gasteiger partial charge in [-0.2, -0.15) is 0 Å². The van der Waals surface area contributed by atoms with E-state index in [1.165, 1.54) is 13.1 Å². The van der Waals surface area contributed by atoms with Crippen LogP contribution in [0.1, 0.15) is 6.92 Å². The first-order valence-corrected chi connectivity index (χ1v) is 2.26. The van der Waals surface area contributed by atoms with E-state index >= 15 is 0 Å². The SMILES string of the molecule is CNC=C(C)C(=O)O.O. The van der Waals surface area contributed by atoms with Gasteiger partial charge in [-0.15, -0.1) is 0 Å². The van der Waals surface area contributed by atoms with Crippen LogP contribution < -0.4 is 5.32 Å². The fraction of sp³-hybridized carbons (Fsp3) is 0.400. The summed E-state index contributed by atoms with van der Waals surface area (Å²) >= 11 is 0. The van der Waals surface area contributed by atoms with Crippen LogP contribution in [0.2, 0.25) is 0 Å². The molecule has 0 unspecified atom stereocenters. The average Bonchev–Trinajstić information content (AvgIpc) is 1.67. The van der Waals surface area contributed by atoms with Crippen LogP contribution in [0.3, 0.4) is 0 Å². The summed E-state index contributed by atoms with van der Waals surface area (Å²) in [4.78, 5) is 9.98. The van der Waals surface area contributed by atoms with Crippen LogP contribution in [0.5, 0.6) is 0 Å². The quantitative estimate of drug-likeness (QED) is 0.492. The molecule has 0 spiro atoms. The first-order valence-electron chi connectivity index (χ1n) is 2.26. The normalized spacial score (nSPS) is 9.78. The highest BCUT2D eigenvalue weighted by atomic mass is 16.4. The van der Waals surface area contributed by atoms with Gasteiger partial charge in [0.2, 0.25) is 0 Å². The fourth-order valence-electron chi connectivity index (χ4n) is 0.278. The summed E-state index contributed by atoms with van der Waals surface area (Å²) in [6, 6.07) is 0. The Morgan fingerprint density at radius 1 is 1.67 bits per heavy atom. The van der Waals surface area contributed by atoms with Gasteiger partial charge in [-0.3, -0.25) is 0 Å². The molecule has 0 aliphatic carbocycles. The third-order valence-electron chi connectivity index (χ3n) is 0.698. The largest absolute Gasteiger partial charge is 0.478 e. The van der Waals surface area contributed by atoms with Crippen LogP contribution in [0.25, 0.3) is 0 Å². The average molecular weight is 133 g/mol. The van der Waals surface area contributed by atoms with E-state index in [4.69, 9.17) is 5.11 Å². The van der Waals surface area contributed by atoms with E-state index in [1.807, 2.05) is 0 Å². The molecule has 0 amide bonds. The molecule has 0 saturated heterocycles. The van der Waals surface area contributed by atoms with Crippen molar-refractivity contribution in [3.63, 3.8) is 0 Å². The van der Waals surface area contributed by atoms with Crippen molar-refractivity contribution in [3.8, 4) is 0 Å². The van der Waals surface area contributed by atoms with E-state index < -0.39 is 5.97 Å². The first-order chi connectivity index (χ1) is 3.68. The topological polar surface area (TPSA) is 80.8 Å². The summed E-state index contributed by atoms with van der Waals surface area (Å²) in [6.45, 7) is 1.53. The molecule has 0 aromatic heterocycles. The zero-order valence-corrected chi connectivity index (χ0v) is 5.43. The lowest BCUT2D eigenvalue weighted by molar-refractivity contribution is -0.132. The van der Waals surface area contributed by atoms with Gasteiger partial charge in [0.15, 0.2) is 0 Å². The highest BCUT2D eigenvalue weighted by molar-refractivity contribution is 5.85. The monoisotopic (exact) mass is 133 g/mol. The molecule has 0 fully saturated rings. The van der Waals surface area contributed by atoms with E-state index in [0.29, 0.717) is 5.57 Å². The highest BCUT2D eigenvalue weighted by Gasteiger charge is 1.95. The lowest BCUT2D eigenvalue weighted by Gasteiger charge is -1.89. The smallest absolute Gasteiger partial charge is 0.332 e. The summed E-state index contributed by atoms with van der Waals surface area (Å²) in [5.41, 5.74) is 0.313. The second kappa shape index (κ2) is 5.11. The standard InChI is InChI=1S/C5H9NO2.H2O/c1-4(3-6-2)5(7)8;/h3,6H,1-2H3,(H,7,8);1H2. The number of carbonyl (C=O) groups is 1. The zero-order chi connectivity index (χ0) is 6.57. The molecule has 54 valence electrons. The maximum absolute atomic E-state index is 9.98. The van der Waals surface area contributed by atoms with Gasteiger partial charge in [-0.1, -0.05) is 0 Å². The molecule has 0 radical (unpaired) electrons. The Hall–Kier alpha value is -1.03. The first kappa shape index (κ1) is 10.9. The molecule has 0 bridgehead atoms. The van der Waals surface area contributed by atoms with Crippen molar-refractivity contribution >= 4 is 5.97 Å². The summed E-state index contributed by atoms with van der Waals surface area (Å²) in [5.74, 6) is -0.889. The summed E-state index contributed by atoms with van der Waals surface area (Å²) in [5, 5.41) is 10.8. The second-order valence-corrected chi connectivity index (χ2v) is 1.42. The van der Waals surface area contributed by atoms with Gasteiger partial charge in [-0.25, -0.2) is 4.79 Å². The van der Waals surface area contributed by atoms with E-state index in [-0.39, 0.29) is 5.48 Å². The molecular formula is C5H11NO3. The minimum Gasteiger partial charge on any atom is -0.478 e. The maximum atomic E-state index is 9.98. The lowest BCUT2D eigenvalue weighted by atomic mass is 10.3. The maximum Gasteiger partial charge on any atom is 0.332 e. The Bertz CT molecular complexity index is 119. The summed E-state index contributed by atoms with van der Waals surface area (Å²) in [6.07, 6.45) is 1.43. The Labute approximate surface area is 53.5 Å². The van der Waals surface area contributed by atoms with E-state index in [2.05, 4.69) is 5.32 Å². The van der Waals surface area contributed by atoms with Gasteiger partial charge in [0.1, 0.15) is 0 Å². The minimum atomic E-state index is -0.889. The third kappa shape index (κ3) is 4.83. The molecule has 0 aromatic carbocycles. The number of nitrogens with one attached hydrogen (secondary N) is 1. The van der Waals surface area contributed by atoms with Gasteiger partial charge in [0.25, 0.3) is 0 Å². The lowest BCUT2D eigenvalue weighted by Crippen LogP contribution is -2.02. The van der Waals surface area contributed by atoms with Crippen LogP contribution in [0.15, 0.2) is 11.8 Å². The Morgan fingerprint density at radius 2 is 2.11 bits per heavy atom. The number of rotatable bonds is 2. The highest BCUT2D eigenvalue weighted by Crippen LogP contribution is 1.86. The molecule has 0 rings (SSSR count). The minimum absolute atomic E-state index is 0. The number of hydrogen-bond acceptors (Lipinski definition) is 2. The predicted octanol–water partition coefficient (Wildman–Crippen LogP) is -0.630. The molecule has 0 aliphatic rings. The van der Waals surface area contributed by atoms with E-state index in [0.717, 1.165) is 0 Å². The van der Waals surface area contributed by atoms with E-state index in [1.54, 1.807) is 7.05 Å². The van der Waals surface area contributed by atoms with Crippen molar-refractivity contribution in [2.45, 2.75) is 6.92 Å². The Balaban J connectivity index is 0. The number of aliphatic carboxylic acids is 1. The second-order valence-electron chi connectivity index (χ2n) is 1.42.